The van der Waals surface area contributed by atoms with Crippen molar-refractivity contribution in [3.8, 4) is 10.6 Å². The number of aliphatic hydroxyl groups is 3. The highest BCUT2D eigenvalue weighted by atomic mass is 79.9. The molecule has 7 nitrogen and oxygen atoms in total. The monoisotopic (exact) mass is 493 g/mol. The third kappa shape index (κ3) is 3.16. The van der Waals surface area contributed by atoms with Gasteiger partial charge in [-0.15, -0.1) is 11.3 Å². The molecule has 9 heteroatoms. The van der Waals surface area contributed by atoms with Gasteiger partial charge in [0, 0.05) is 22.7 Å². The van der Waals surface area contributed by atoms with Crippen molar-refractivity contribution in [1.29, 1.82) is 0 Å². The van der Waals surface area contributed by atoms with Gasteiger partial charge in [-0.3, -0.25) is 0 Å². The van der Waals surface area contributed by atoms with E-state index in [1.165, 1.54) is 0 Å². The van der Waals surface area contributed by atoms with Crippen molar-refractivity contribution < 1.29 is 29.2 Å². The van der Waals surface area contributed by atoms with Gasteiger partial charge in [-0.05, 0) is 42.3 Å². The Balaban J connectivity index is 1.49. The molecule has 5 atom stereocenters. The van der Waals surface area contributed by atoms with E-state index in [2.05, 4.69) is 20.9 Å². The number of rotatable bonds is 3. The summed E-state index contributed by atoms with van der Waals surface area (Å²) in [6.45, 7) is 1.88. The molecule has 2 aliphatic rings. The van der Waals surface area contributed by atoms with Crippen molar-refractivity contribution in [2.24, 2.45) is 0 Å². The lowest BCUT2D eigenvalue weighted by atomic mass is 9.87. The highest BCUT2D eigenvalue weighted by Crippen LogP contribution is 2.47. The van der Waals surface area contributed by atoms with Crippen molar-refractivity contribution in [3.63, 3.8) is 0 Å². The molecule has 0 amide bonds. The standard InChI is InChI=1S/C21H20BrNO6S/c1-10-18(24)19(25)20(26)21(29-10)13-5-11(14(22)6-12(13)9-28-21)7-17-23-8-16(30-17)15-3-2-4-27-15/h2-6,8,10,18-20,24-26H,7,9H2,1H3/t10-,18-,19+,20-,21+/m1/s1. The van der Waals surface area contributed by atoms with Gasteiger partial charge in [-0.1, -0.05) is 15.9 Å². The van der Waals surface area contributed by atoms with Crippen molar-refractivity contribution in [2.75, 3.05) is 0 Å². The van der Waals surface area contributed by atoms with Crippen molar-refractivity contribution >= 4 is 27.3 Å². The van der Waals surface area contributed by atoms with E-state index < -0.39 is 30.2 Å². The minimum Gasteiger partial charge on any atom is -0.463 e. The molecule has 5 rings (SSSR count). The second-order valence-electron chi connectivity index (χ2n) is 7.58. The van der Waals surface area contributed by atoms with Gasteiger partial charge in [-0.2, -0.15) is 0 Å². The fourth-order valence-corrected chi connectivity index (χ4v) is 5.48. The van der Waals surface area contributed by atoms with Crippen LogP contribution in [0.5, 0.6) is 0 Å². The Morgan fingerprint density at radius 1 is 1.27 bits per heavy atom. The third-order valence-electron chi connectivity index (χ3n) is 5.65. The number of fused-ring (bicyclic) bond motifs is 2. The van der Waals surface area contributed by atoms with E-state index in [1.54, 1.807) is 30.7 Å². The summed E-state index contributed by atoms with van der Waals surface area (Å²) in [6.07, 6.45) is -0.692. The van der Waals surface area contributed by atoms with Gasteiger partial charge in [0.05, 0.1) is 28.9 Å². The molecule has 30 heavy (non-hydrogen) atoms. The maximum absolute atomic E-state index is 10.7. The molecule has 0 bridgehead atoms. The van der Waals surface area contributed by atoms with Crippen molar-refractivity contribution in [2.45, 2.75) is 50.2 Å². The van der Waals surface area contributed by atoms with Gasteiger partial charge in [0.15, 0.2) is 0 Å². The Morgan fingerprint density at radius 3 is 2.87 bits per heavy atom. The second-order valence-corrected chi connectivity index (χ2v) is 9.55. The predicted octanol–water partition coefficient (Wildman–Crippen LogP) is 2.94. The van der Waals surface area contributed by atoms with Crippen LogP contribution >= 0.6 is 27.3 Å². The smallest absolute Gasteiger partial charge is 0.225 e. The first-order valence-electron chi connectivity index (χ1n) is 9.55. The molecule has 0 radical (unpaired) electrons. The molecule has 1 spiro atoms. The SMILES string of the molecule is C[C@H]1O[C@]2(OCc3cc(Br)c(Cc4ncc(-c5ccco5)s4)cc32)[C@H](O)[C@@H](O)[C@@H]1O. The van der Waals surface area contributed by atoms with E-state index in [0.29, 0.717) is 12.0 Å². The fraction of sp³-hybridized carbons (Fsp3) is 0.381. The molecule has 158 valence electrons. The Labute approximate surface area is 185 Å². The highest BCUT2D eigenvalue weighted by Gasteiger charge is 2.57. The largest absolute Gasteiger partial charge is 0.463 e. The zero-order valence-corrected chi connectivity index (χ0v) is 18.4. The molecule has 2 aromatic heterocycles. The minimum absolute atomic E-state index is 0.237. The predicted molar refractivity (Wildman–Crippen MR) is 112 cm³/mol. The van der Waals surface area contributed by atoms with Crippen molar-refractivity contribution in [3.05, 3.63) is 62.9 Å². The first-order chi connectivity index (χ1) is 14.4. The number of nitrogens with zero attached hydrogens (tertiary/aromatic N) is 1. The summed E-state index contributed by atoms with van der Waals surface area (Å²) in [5.74, 6) is -0.732. The number of hydrogen-bond donors (Lipinski definition) is 3. The van der Waals surface area contributed by atoms with Crippen LogP contribution in [-0.2, 0) is 28.3 Å². The lowest BCUT2D eigenvalue weighted by Gasteiger charge is -2.45. The normalized spacial score (nSPS) is 30.7. The molecule has 1 aromatic carbocycles. The van der Waals surface area contributed by atoms with E-state index in [9.17, 15) is 15.3 Å². The highest BCUT2D eigenvalue weighted by molar-refractivity contribution is 9.10. The topological polar surface area (TPSA) is 105 Å². The molecular formula is C21H20BrNO6S. The van der Waals surface area contributed by atoms with Crippen LogP contribution in [0.1, 0.15) is 28.6 Å². The van der Waals surface area contributed by atoms with E-state index >= 15 is 0 Å². The van der Waals surface area contributed by atoms with Gasteiger partial charge in [0.2, 0.25) is 5.79 Å². The van der Waals surface area contributed by atoms with Gasteiger partial charge in [0.1, 0.15) is 24.1 Å². The van der Waals surface area contributed by atoms with Crippen LogP contribution in [0, 0.1) is 0 Å². The molecule has 3 aromatic rings. The van der Waals surface area contributed by atoms with Crippen LogP contribution in [0.15, 0.2) is 45.6 Å². The summed E-state index contributed by atoms with van der Waals surface area (Å²) >= 11 is 5.17. The van der Waals surface area contributed by atoms with Gasteiger partial charge in [-0.25, -0.2) is 4.98 Å². The molecule has 4 heterocycles. The number of aromatic nitrogens is 1. The Hall–Kier alpha value is -1.59. The summed E-state index contributed by atoms with van der Waals surface area (Å²) < 4.78 is 18.1. The van der Waals surface area contributed by atoms with Crippen LogP contribution in [0.4, 0.5) is 0 Å². The van der Waals surface area contributed by atoms with E-state index in [4.69, 9.17) is 13.9 Å². The molecule has 0 aliphatic carbocycles. The summed E-state index contributed by atoms with van der Waals surface area (Å²) in [7, 11) is 0. The molecule has 1 saturated heterocycles. The molecular weight excluding hydrogens is 474 g/mol. The average molecular weight is 494 g/mol. The van der Waals surface area contributed by atoms with Gasteiger partial charge < -0.3 is 29.2 Å². The van der Waals surface area contributed by atoms with Crippen molar-refractivity contribution in [1.82, 2.24) is 4.98 Å². The molecule has 2 aliphatic heterocycles. The zero-order valence-electron chi connectivity index (χ0n) is 16.0. The lowest BCUT2D eigenvalue weighted by molar-refractivity contribution is -0.362. The number of ether oxygens (including phenoxy) is 2. The Kier molecular flexibility index (Phi) is 5.10. The number of hydrogen-bond acceptors (Lipinski definition) is 8. The Morgan fingerprint density at radius 2 is 2.10 bits per heavy atom. The number of benzene rings is 1. The van der Waals surface area contributed by atoms with Crippen LogP contribution < -0.4 is 0 Å². The summed E-state index contributed by atoms with van der Waals surface area (Å²) in [5.41, 5.74) is 2.47. The average Bonchev–Trinajstić information content (AvgIpc) is 3.47. The molecule has 0 saturated carbocycles. The van der Waals surface area contributed by atoms with Crippen LogP contribution in [0.3, 0.4) is 0 Å². The lowest BCUT2D eigenvalue weighted by Crippen LogP contribution is -2.62. The number of aliphatic hydroxyl groups excluding tert-OH is 3. The van der Waals surface area contributed by atoms with Gasteiger partial charge >= 0.3 is 0 Å². The quantitative estimate of drug-likeness (QED) is 0.514. The molecule has 0 unspecified atom stereocenters. The third-order valence-corrected chi connectivity index (χ3v) is 7.40. The van der Waals surface area contributed by atoms with Crippen LogP contribution in [0.2, 0.25) is 0 Å². The molecule has 1 fully saturated rings. The first-order valence-corrected chi connectivity index (χ1v) is 11.2. The fourth-order valence-electron chi connectivity index (χ4n) is 4.04. The summed E-state index contributed by atoms with van der Waals surface area (Å²) in [5, 5.41) is 32.0. The Bertz CT molecular complexity index is 1070. The maximum atomic E-state index is 10.7. The van der Waals surface area contributed by atoms with E-state index in [1.807, 2.05) is 24.3 Å². The van der Waals surface area contributed by atoms with Gasteiger partial charge in [0.25, 0.3) is 0 Å². The summed E-state index contributed by atoms with van der Waals surface area (Å²) in [4.78, 5) is 5.46. The summed E-state index contributed by atoms with van der Waals surface area (Å²) in [6, 6.07) is 7.60. The second kappa shape index (κ2) is 7.52. The maximum Gasteiger partial charge on any atom is 0.225 e. The number of thiazole rings is 1. The van der Waals surface area contributed by atoms with E-state index in [-0.39, 0.29) is 6.61 Å². The number of halogens is 1. The zero-order chi connectivity index (χ0) is 21.0. The first kappa shape index (κ1) is 20.3. The van der Waals surface area contributed by atoms with E-state index in [0.717, 1.165) is 31.2 Å². The number of furan rings is 1. The van der Waals surface area contributed by atoms with Crippen LogP contribution in [-0.4, -0.2) is 44.7 Å². The van der Waals surface area contributed by atoms with Crippen LogP contribution in [0.25, 0.3) is 10.6 Å². The molecule has 3 N–H and O–H groups in total. The minimum atomic E-state index is -1.51.